The Balaban J connectivity index is 1.56. The fourth-order valence-electron chi connectivity index (χ4n) is 11.2. The molecule has 0 bridgehead atoms. The van der Waals surface area contributed by atoms with Gasteiger partial charge in [-0.3, -0.25) is 4.79 Å². The van der Waals surface area contributed by atoms with E-state index in [0.29, 0.717) is 24.2 Å². The molecule has 3 N–H and O–H groups in total. The minimum atomic E-state index is -0.344. The Morgan fingerprint density at radius 2 is 1.50 bits per heavy atom. The number of fused-ring (bicyclic) bond motifs is 7. The topological polar surface area (TPSA) is 69.6 Å². The number of aliphatic hydroxyl groups is 2. The second-order valence-electron chi connectivity index (χ2n) is 15.4. The van der Waals surface area contributed by atoms with Crippen molar-refractivity contribution in [1.29, 1.82) is 0 Å². The second kappa shape index (κ2) is 7.46. The molecule has 9 atom stereocenters. The molecule has 0 aromatic rings. The summed E-state index contributed by atoms with van der Waals surface area (Å²) in [6, 6.07) is 0. The van der Waals surface area contributed by atoms with Gasteiger partial charge in [0.25, 0.3) is 0 Å². The summed E-state index contributed by atoms with van der Waals surface area (Å²) in [5.74, 6) is 1.98. The lowest BCUT2D eigenvalue weighted by Gasteiger charge is -2.73. The fraction of sp³-hybridized carbons (Fsp3) is 0.967. The first-order valence-electron chi connectivity index (χ1n) is 14.3. The van der Waals surface area contributed by atoms with Crippen molar-refractivity contribution in [2.24, 2.45) is 50.7 Å². The summed E-state index contributed by atoms with van der Waals surface area (Å²) in [5.41, 5.74) is 0.163. The van der Waals surface area contributed by atoms with Gasteiger partial charge in [-0.1, -0.05) is 34.6 Å². The molecular weight excluding hydrogens is 422 g/mol. The van der Waals surface area contributed by atoms with Crippen molar-refractivity contribution in [3.8, 4) is 0 Å². The van der Waals surface area contributed by atoms with Crippen LogP contribution in [0.1, 0.15) is 113 Å². The van der Waals surface area contributed by atoms with Crippen molar-refractivity contribution in [3.05, 3.63) is 0 Å². The van der Waals surface area contributed by atoms with E-state index in [2.05, 4.69) is 53.8 Å². The quantitative estimate of drug-likeness (QED) is 0.457. The van der Waals surface area contributed by atoms with Crippen molar-refractivity contribution in [2.45, 2.75) is 124 Å². The minimum absolute atomic E-state index is 0.0830. The number of hydrogen-bond donors (Lipinski definition) is 3. The predicted octanol–water partition coefficient (Wildman–Crippen LogP) is 5.70. The maximum Gasteiger partial charge on any atom is 0.220 e. The van der Waals surface area contributed by atoms with E-state index in [4.69, 9.17) is 0 Å². The van der Waals surface area contributed by atoms with Crippen LogP contribution < -0.4 is 5.32 Å². The molecule has 5 fully saturated rings. The van der Waals surface area contributed by atoms with Crippen LogP contribution in [0, 0.1) is 50.7 Å². The molecule has 4 aliphatic carbocycles. The van der Waals surface area contributed by atoms with E-state index >= 15 is 0 Å². The van der Waals surface area contributed by atoms with E-state index in [-0.39, 0.29) is 57.1 Å². The third kappa shape index (κ3) is 3.06. The lowest BCUT2D eigenvalue weighted by atomic mass is 9.32. The number of carbonyl (C=O) groups is 1. The number of hydrogen-bond acceptors (Lipinski definition) is 3. The largest absolute Gasteiger partial charge is 0.396 e. The number of rotatable bonds is 1. The summed E-state index contributed by atoms with van der Waals surface area (Å²) in [6.45, 7) is 16.9. The van der Waals surface area contributed by atoms with Crippen LogP contribution in [0.15, 0.2) is 0 Å². The molecule has 4 heteroatoms. The fourth-order valence-corrected chi connectivity index (χ4v) is 11.2. The first kappa shape index (κ1) is 25.1. The Morgan fingerprint density at radius 1 is 0.824 bits per heavy atom. The normalized spacial score (nSPS) is 53.9. The Morgan fingerprint density at radius 3 is 2.18 bits per heavy atom. The average Bonchev–Trinajstić information content (AvgIpc) is 2.84. The molecule has 0 unspecified atom stereocenters. The summed E-state index contributed by atoms with van der Waals surface area (Å²) >= 11 is 0. The van der Waals surface area contributed by atoms with Gasteiger partial charge in [0, 0.05) is 18.6 Å². The van der Waals surface area contributed by atoms with E-state index < -0.39 is 0 Å². The van der Waals surface area contributed by atoms with Crippen LogP contribution in [0.25, 0.3) is 0 Å². The predicted molar refractivity (Wildman–Crippen MR) is 136 cm³/mol. The van der Waals surface area contributed by atoms with E-state index in [1.54, 1.807) is 0 Å². The van der Waals surface area contributed by atoms with Crippen molar-refractivity contribution in [3.63, 3.8) is 0 Å². The molecule has 5 aliphatic rings. The van der Waals surface area contributed by atoms with Crippen LogP contribution in [-0.4, -0.2) is 34.4 Å². The van der Waals surface area contributed by atoms with Crippen LogP contribution in [0.3, 0.4) is 0 Å². The number of carbonyl (C=O) groups excluding carboxylic acids is 1. The summed E-state index contributed by atoms with van der Waals surface area (Å²) in [4.78, 5) is 12.7. The molecule has 0 radical (unpaired) electrons. The molecular formula is C30H51NO3. The highest BCUT2D eigenvalue weighted by atomic mass is 16.3. The van der Waals surface area contributed by atoms with E-state index in [1.807, 2.05) is 0 Å². The van der Waals surface area contributed by atoms with Crippen LogP contribution in [0.4, 0.5) is 0 Å². The number of aliphatic hydroxyl groups excluding tert-OH is 2. The average molecular weight is 474 g/mol. The van der Waals surface area contributed by atoms with Gasteiger partial charge in [-0.25, -0.2) is 0 Å². The number of amides is 1. The number of nitrogens with one attached hydrogen (secondary N) is 1. The lowest BCUT2D eigenvalue weighted by molar-refractivity contribution is -0.259. The molecule has 1 aliphatic heterocycles. The van der Waals surface area contributed by atoms with Crippen LogP contribution >= 0.6 is 0 Å². The minimum Gasteiger partial charge on any atom is -0.396 e. The van der Waals surface area contributed by atoms with Gasteiger partial charge in [0.15, 0.2) is 0 Å². The molecule has 1 saturated heterocycles. The molecule has 34 heavy (non-hydrogen) atoms. The third-order valence-electron chi connectivity index (χ3n) is 13.4. The molecule has 0 aromatic heterocycles. The lowest BCUT2D eigenvalue weighted by Crippen LogP contribution is -2.68. The van der Waals surface area contributed by atoms with Crippen molar-refractivity contribution in [2.75, 3.05) is 6.61 Å². The van der Waals surface area contributed by atoms with Gasteiger partial charge < -0.3 is 15.5 Å². The van der Waals surface area contributed by atoms with Gasteiger partial charge in [-0.2, -0.15) is 0 Å². The molecule has 4 saturated carbocycles. The van der Waals surface area contributed by atoms with E-state index in [0.717, 1.165) is 38.5 Å². The van der Waals surface area contributed by atoms with Crippen LogP contribution in [0.2, 0.25) is 0 Å². The Bertz CT molecular complexity index is 852. The van der Waals surface area contributed by atoms with Gasteiger partial charge in [0.05, 0.1) is 6.10 Å². The zero-order valence-electron chi connectivity index (χ0n) is 23.0. The zero-order valence-corrected chi connectivity index (χ0v) is 23.0. The van der Waals surface area contributed by atoms with E-state index in [1.165, 1.54) is 19.3 Å². The van der Waals surface area contributed by atoms with Gasteiger partial charge in [-0.05, 0) is 122 Å². The maximum atomic E-state index is 12.7. The van der Waals surface area contributed by atoms with Crippen molar-refractivity contribution in [1.82, 2.24) is 5.32 Å². The molecule has 1 heterocycles. The van der Waals surface area contributed by atoms with Gasteiger partial charge in [0.2, 0.25) is 5.91 Å². The standard InChI is InChI=1S/C30H51NO3/c1-25(2)14-16-30(18-32)17-15-28(6)19(23(30)24(25)34)8-9-21-27(5)12-11-22(33)31-26(3,4)20(27)10-13-29(21,28)7/h19-21,23-24,32,34H,8-18H2,1-7H3,(H,31,33)/t19-,20+,21-,23+,24-,27+,28-,29-,30-/m1/s1. The summed E-state index contributed by atoms with van der Waals surface area (Å²) in [6.07, 6.45) is 10.3. The Kier molecular flexibility index (Phi) is 5.50. The summed E-state index contributed by atoms with van der Waals surface area (Å²) < 4.78 is 0. The highest BCUT2D eigenvalue weighted by molar-refractivity contribution is 5.77. The molecule has 5 rings (SSSR count). The Hall–Kier alpha value is -0.610. The SMILES string of the molecule is CC1(C)CC[C@]2(CO)CC[C@]3(C)[C@H](CC[C@@H]4[C@@]5(C)CCC(=O)NC(C)(C)[C@@H]5CC[C@]43C)[C@H]2[C@H]1O. The zero-order chi connectivity index (χ0) is 24.9. The van der Waals surface area contributed by atoms with Gasteiger partial charge in [-0.15, -0.1) is 0 Å². The second-order valence-corrected chi connectivity index (χ2v) is 15.4. The van der Waals surface area contributed by atoms with Gasteiger partial charge >= 0.3 is 0 Å². The van der Waals surface area contributed by atoms with Crippen molar-refractivity contribution < 1.29 is 15.0 Å². The molecule has 0 spiro atoms. The maximum absolute atomic E-state index is 12.7. The monoisotopic (exact) mass is 473 g/mol. The third-order valence-corrected chi connectivity index (χ3v) is 13.4. The first-order chi connectivity index (χ1) is 15.7. The molecule has 4 nitrogen and oxygen atoms in total. The first-order valence-corrected chi connectivity index (χ1v) is 14.3. The highest BCUT2D eigenvalue weighted by Crippen LogP contribution is 2.75. The smallest absolute Gasteiger partial charge is 0.220 e. The Labute approximate surface area is 208 Å². The highest BCUT2D eigenvalue weighted by Gasteiger charge is 2.70. The summed E-state index contributed by atoms with van der Waals surface area (Å²) in [7, 11) is 0. The molecule has 0 aromatic carbocycles. The molecule has 194 valence electrons. The van der Waals surface area contributed by atoms with Crippen LogP contribution in [-0.2, 0) is 4.79 Å². The summed E-state index contributed by atoms with van der Waals surface area (Å²) in [5, 5.41) is 25.9. The van der Waals surface area contributed by atoms with Gasteiger partial charge in [0.1, 0.15) is 0 Å². The molecule has 1 amide bonds. The van der Waals surface area contributed by atoms with Crippen LogP contribution in [0.5, 0.6) is 0 Å². The van der Waals surface area contributed by atoms with Crippen molar-refractivity contribution >= 4 is 5.91 Å². The van der Waals surface area contributed by atoms with E-state index in [9.17, 15) is 15.0 Å².